The van der Waals surface area contributed by atoms with Crippen LogP contribution in [-0.2, 0) is 32.6 Å². The van der Waals surface area contributed by atoms with E-state index in [0.29, 0.717) is 25.1 Å². The number of sulfonamides is 1. The Morgan fingerprint density at radius 3 is 2.19 bits per heavy atom. The molecule has 0 spiro atoms. The average molecular weight is 657 g/mol. The fraction of sp³-hybridized carbons (Fsp3) is 0.394. The minimum Gasteiger partial charge on any atom is -0.354 e. The van der Waals surface area contributed by atoms with Crippen molar-refractivity contribution in [2.75, 3.05) is 23.7 Å². The molecule has 0 unspecified atom stereocenters. The predicted octanol–water partition coefficient (Wildman–Crippen LogP) is 6.02. The summed E-state index contributed by atoms with van der Waals surface area (Å²) in [5, 5.41) is 3.03. The number of anilines is 1. The predicted molar refractivity (Wildman–Crippen MR) is 174 cm³/mol. The van der Waals surface area contributed by atoms with Gasteiger partial charge in [-0.1, -0.05) is 84.4 Å². The molecule has 1 N–H and O–H groups in total. The first-order valence-electron chi connectivity index (χ1n) is 14.3. The van der Waals surface area contributed by atoms with E-state index in [2.05, 4.69) is 21.2 Å². The van der Waals surface area contributed by atoms with Crippen molar-refractivity contribution in [1.82, 2.24) is 10.2 Å². The first kappa shape index (κ1) is 33.3. The zero-order valence-electron chi connectivity index (χ0n) is 25.1. The van der Waals surface area contributed by atoms with E-state index in [4.69, 9.17) is 0 Å². The highest BCUT2D eigenvalue weighted by Crippen LogP contribution is 2.26. The molecule has 42 heavy (non-hydrogen) atoms. The molecule has 0 bridgehead atoms. The van der Waals surface area contributed by atoms with Crippen molar-refractivity contribution in [1.29, 1.82) is 0 Å². The number of nitrogens with one attached hydrogen (secondary N) is 1. The highest BCUT2D eigenvalue weighted by atomic mass is 79.9. The van der Waals surface area contributed by atoms with Gasteiger partial charge in [-0.05, 0) is 66.6 Å². The summed E-state index contributed by atoms with van der Waals surface area (Å²) < 4.78 is 27.8. The van der Waals surface area contributed by atoms with Crippen molar-refractivity contribution >= 4 is 43.5 Å². The number of aryl methyl sites for hydroxylation is 1. The van der Waals surface area contributed by atoms with Gasteiger partial charge in [0.1, 0.15) is 6.04 Å². The molecule has 0 radical (unpaired) electrons. The van der Waals surface area contributed by atoms with Crippen LogP contribution in [-0.4, -0.2) is 50.5 Å². The lowest BCUT2D eigenvalue weighted by Gasteiger charge is -2.32. The van der Waals surface area contributed by atoms with Crippen LogP contribution in [0.1, 0.15) is 48.9 Å². The van der Waals surface area contributed by atoms with Crippen LogP contribution in [0.3, 0.4) is 0 Å². The fourth-order valence-electron chi connectivity index (χ4n) is 4.75. The molecule has 0 saturated heterocycles. The van der Waals surface area contributed by atoms with Gasteiger partial charge >= 0.3 is 0 Å². The molecule has 9 heteroatoms. The van der Waals surface area contributed by atoms with Crippen molar-refractivity contribution in [3.8, 4) is 0 Å². The number of hydrogen-bond acceptors (Lipinski definition) is 4. The number of carbonyl (C=O) groups excluding carboxylic acids is 2. The Morgan fingerprint density at radius 2 is 1.57 bits per heavy atom. The van der Waals surface area contributed by atoms with Crippen LogP contribution in [0.4, 0.5) is 5.69 Å². The van der Waals surface area contributed by atoms with Gasteiger partial charge in [0.05, 0.1) is 11.9 Å². The van der Waals surface area contributed by atoms with Crippen molar-refractivity contribution in [2.24, 2.45) is 5.92 Å². The fourth-order valence-corrected chi connectivity index (χ4v) is 6.03. The van der Waals surface area contributed by atoms with Crippen LogP contribution in [0.15, 0.2) is 77.3 Å². The lowest BCUT2D eigenvalue weighted by molar-refractivity contribution is -0.141. The third-order valence-corrected chi connectivity index (χ3v) is 8.93. The number of amides is 2. The molecule has 2 amide bonds. The van der Waals surface area contributed by atoms with Gasteiger partial charge in [0.15, 0.2) is 0 Å². The molecule has 3 aromatic carbocycles. The zero-order valence-corrected chi connectivity index (χ0v) is 27.5. The molecule has 3 rings (SSSR count). The molecule has 226 valence electrons. The molecule has 0 aliphatic carbocycles. The van der Waals surface area contributed by atoms with E-state index >= 15 is 0 Å². The maximum atomic E-state index is 13.9. The molecule has 3 aromatic rings. The van der Waals surface area contributed by atoms with Crippen molar-refractivity contribution < 1.29 is 18.0 Å². The standard InChI is InChI=1S/C33H42BrN3O4S/c1-24(2)22-35-33(39)31(21-27-12-7-6-8-13-27)36(23-28-16-18-29(34)19-17-28)32(38)15-10-20-37(42(5,40)41)30-14-9-11-25(3)26(30)4/h6-9,11-14,16-19,24,31H,10,15,20-23H2,1-5H3,(H,35,39)/t31-/m0/s1. The number of nitrogens with zero attached hydrogens (tertiary/aromatic N) is 2. The maximum Gasteiger partial charge on any atom is 0.243 e. The second-order valence-electron chi connectivity index (χ2n) is 11.2. The molecular formula is C33H42BrN3O4S. The van der Waals surface area contributed by atoms with E-state index in [1.165, 1.54) is 10.6 Å². The second-order valence-corrected chi connectivity index (χ2v) is 14.0. The lowest BCUT2D eigenvalue weighted by atomic mass is 10.0. The summed E-state index contributed by atoms with van der Waals surface area (Å²) >= 11 is 3.47. The normalized spacial score (nSPS) is 12.2. The van der Waals surface area contributed by atoms with E-state index in [1.54, 1.807) is 11.0 Å². The minimum atomic E-state index is -3.57. The maximum absolute atomic E-state index is 13.9. The highest BCUT2D eigenvalue weighted by molar-refractivity contribution is 9.10. The van der Waals surface area contributed by atoms with Gasteiger partial charge < -0.3 is 10.2 Å². The summed E-state index contributed by atoms with van der Waals surface area (Å²) in [6.07, 6.45) is 1.95. The molecular weight excluding hydrogens is 614 g/mol. The van der Waals surface area contributed by atoms with E-state index in [9.17, 15) is 18.0 Å². The molecule has 1 atom stereocenters. The monoisotopic (exact) mass is 655 g/mol. The summed E-state index contributed by atoms with van der Waals surface area (Å²) in [5.41, 5.74) is 4.35. The number of rotatable bonds is 14. The Kier molecular flexibility index (Phi) is 12.2. The van der Waals surface area contributed by atoms with Crippen LogP contribution in [0.25, 0.3) is 0 Å². The SMILES string of the molecule is Cc1cccc(N(CCCC(=O)N(Cc2ccc(Br)cc2)[C@@H](Cc2ccccc2)C(=O)NCC(C)C)S(C)(=O)=O)c1C. The van der Waals surface area contributed by atoms with E-state index < -0.39 is 16.1 Å². The Labute approximate surface area is 259 Å². The Bertz CT molecular complexity index is 1440. The third kappa shape index (κ3) is 9.70. The van der Waals surface area contributed by atoms with Gasteiger partial charge in [0, 0.05) is 36.9 Å². The molecule has 0 aliphatic heterocycles. The number of benzene rings is 3. The van der Waals surface area contributed by atoms with Crippen LogP contribution in [0, 0.1) is 19.8 Å². The summed E-state index contributed by atoms with van der Waals surface area (Å²) in [7, 11) is -3.57. The second kappa shape index (κ2) is 15.3. The smallest absolute Gasteiger partial charge is 0.243 e. The number of halogens is 1. The topological polar surface area (TPSA) is 86.8 Å². The minimum absolute atomic E-state index is 0.0934. The molecule has 7 nitrogen and oxygen atoms in total. The van der Waals surface area contributed by atoms with Gasteiger partial charge in [-0.2, -0.15) is 0 Å². The van der Waals surface area contributed by atoms with Gasteiger partial charge in [0.25, 0.3) is 0 Å². The summed E-state index contributed by atoms with van der Waals surface area (Å²) in [6, 6.07) is 22.2. The molecule has 0 heterocycles. The number of hydrogen-bond donors (Lipinski definition) is 1. The quantitative estimate of drug-likeness (QED) is 0.230. The number of carbonyl (C=O) groups is 2. The van der Waals surface area contributed by atoms with Gasteiger partial charge in [-0.15, -0.1) is 0 Å². The third-order valence-electron chi connectivity index (χ3n) is 7.22. The van der Waals surface area contributed by atoms with Gasteiger partial charge in [0.2, 0.25) is 21.8 Å². The molecule has 0 aromatic heterocycles. The Hall–Kier alpha value is -3.17. The Morgan fingerprint density at radius 1 is 0.905 bits per heavy atom. The van der Waals surface area contributed by atoms with Gasteiger partial charge in [-0.25, -0.2) is 8.42 Å². The Balaban J connectivity index is 1.89. The first-order valence-corrected chi connectivity index (χ1v) is 16.9. The van der Waals surface area contributed by atoms with E-state index in [-0.39, 0.29) is 37.2 Å². The van der Waals surface area contributed by atoms with Crippen LogP contribution < -0.4 is 9.62 Å². The molecule has 0 saturated carbocycles. The van der Waals surface area contributed by atoms with E-state index in [0.717, 1.165) is 26.7 Å². The van der Waals surface area contributed by atoms with Crippen molar-refractivity contribution in [3.63, 3.8) is 0 Å². The zero-order chi connectivity index (χ0) is 30.9. The summed E-state index contributed by atoms with van der Waals surface area (Å²) in [4.78, 5) is 29.2. The van der Waals surface area contributed by atoms with Crippen molar-refractivity contribution in [2.45, 2.75) is 59.5 Å². The average Bonchev–Trinajstić information content (AvgIpc) is 2.94. The van der Waals surface area contributed by atoms with Crippen LogP contribution in [0.5, 0.6) is 0 Å². The molecule has 0 aliphatic rings. The largest absolute Gasteiger partial charge is 0.354 e. The lowest BCUT2D eigenvalue weighted by Crippen LogP contribution is -2.51. The summed E-state index contributed by atoms with van der Waals surface area (Å²) in [6.45, 7) is 8.82. The van der Waals surface area contributed by atoms with Gasteiger partial charge in [-0.3, -0.25) is 13.9 Å². The molecule has 0 fully saturated rings. The van der Waals surface area contributed by atoms with Crippen LogP contribution >= 0.6 is 15.9 Å². The first-order chi connectivity index (χ1) is 19.9. The highest BCUT2D eigenvalue weighted by Gasteiger charge is 2.30. The van der Waals surface area contributed by atoms with Crippen molar-refractivity contribution in [3.05, 3.63) is 99.5 Å². The van der Waals surface area contributed by atoms with Crippen LogP contribution in [0.2, 0.25) is 0 Å². The summed E-state index contributed by atoms with van der Waals surface area (Å²) in [5.74, 6) is -0.145. The van der Waals surface area contributed by atoms with E-state index in [1.807, 2.05) is 94.4 Å².